The number of rotatable bonds is 5. The minimum Gasteiger partial charge on any atom is -0.538 e. The number of nitrogens with one attached hydrogen (secondary N) is 1. The number of hydrogen-bond acceptors (Lipinski definition) is 5. The highest BCUT2D eigenvalue weighted by Crippen LogP contribution is 2.25. The molecule has 8 heteroatoms. The van der Waals surface area contributed by atoms with Crippen molar-refractivity contribution >= 4 is 35.0 Å². The smallest absolute Gasteiger partial charge is 0.298 e. The highest BCUT2D eigenvalue weighted by atomic mass is 35.5. The Bertz CT molecular complexity index is 896. The monoisotopic (exact) mass is 375 g/mol. The van der Waals surface area contributed by atoms with Crippen LogP contribution in [0.2, 0.25) is 5.02 Å². The number of para-hydroxylation sites is 1. The van der Waals surface area contributed by atoms with Gasteiger partial charge in [-0.3, -0.25) is 4.79 Å². The number of thioether (sulfide) groups is 1. The Morgan fingerprint density at radius 2 is 2.00 bits per heavy atom. The lowest BCUT2D eigenvalue weighted by Gasteiger charge is -2.05. The molecule has 0 fully saturated rings. The molecule has 0 bridgehead atoms. The number of carbonyl (C=O) groups is 1. The maximum absolute atomic E-state index is 12.1. The molecule has 0 saturated heterocycles. The second kappa shape index (κ2) is 7.58. The summed E-state index contributed by atoms with van der Waals surface area (Å²) < 4.78 is 6.12. The predicted molar refractivity (Wildman–Crippen MR) is 93.0 cm³/mol. The highest BCUT2D eigenvalue weighted by Gasteiger charge is 2.22. The van der Waals surface area contributed by atoms with E-state index < -0.39 is 5.95 Å². The number of carbonyl (C=O) groups excluding carboxylic acids is 1. The maximum Gasteiger partial charge on any atom is 0.298 e. The van der Waals surface area contributed by atoms with Crippen molar-refractivity contribution < 1.29 is 19.1 Å². The summed E-state index contributed by atoms with van der Waals surface area (Å²) in [7, 11) is 0. The fourth-order valence-electron chi connectivity index (χ4n) is 2.09. The van der Waals surface area contributed by atoms with Gasteiger partial charge >= 0.3 is 0 Å². The molecule has 2 aromatic carbocycles. The molecule has 0 aliphatic heterocycles. The topological polar surface area (TPSA) is 82.1 Å². The Labute approximate surface area is 153 Å². The summed E-state index contributed by atoms with van der Waals surface area (Å²) >= 11 is 7.06. The van der Waals surface area contributed by atoms with E-state index in [9.17, 15) is 9.90 Å². The number of anilines is 1. The van der Waals surface area contributed by atoms with Gasteiger partial charge in [-0.2, -0.15) is 0 Å². The summed E-state index contributed by atoms with van der Waals surface area (Å²) in [6, 6.07) is 14.4. The molecule has 0 unspecified atom stereocenters. The molecule has 0 aliphatic rings. The van der Waals surface area contributed by atoms with Crippen LogP contribution in [0.25, 0.3) is 5.69 Å². The van der Waals surface area contributed by atoms with Crippen LogP contribution >= 0.6 is 23.4 Å². The van der Waals surface area contributed by atoms with Crippen LogP contribution in [0, 0.1) is 6.92 Å². The van der Waals surface area contributed by atoms with E-state index in [2.05, 4.69) is 10.6 Å². The van der Waals surface area contributed by atoms with Gasteiger partial charge in [0.1, 0.15) is 0 Å². The summed E-state index contributed by atoms with van der Waals surface area (Å²) in [5.41, 5.74) is 2.29. The molecule has 3 rings (SSSR count). The van der Waals surface area contributed by atoms with Gasteiger partial charge in [-0.15, -0.1) is 0 Å². The zero-order valence-corrected chi connectivity index (χ0v) is 14.8. The lowest BCUT2D eigenvalue weighted by Crippen LogP contribution is -2.35. The van der Waals surface area contributed by atoms with Gasteiger partial charge in [0.25, 0.3) is 5.03 Å². The molecular weight excluding hydrogens is 362 g/mol. The molecule has 1 amide bonds. The van der Waals surface area contributed by atoms with Crippen molar-refractivity contribution in [3.8, 4) is 11.6 Å². The van der Waals surface area contributed by atoms with Crippen molar-refractivity contribution in [1.82, 2.24) is 5.27 Å². The number of nitrogens with zero attached hydrogens (tertiary/aromatic N) is 2. The van der Waals surface area contributed by atoms with Crippen LogP contribution < -0.4 is 15.1 Å². The molecule has 128 valence electrons. The van der Waals surface area contributed by atoms with Crippen molar-refractivity contribution in [2.45, 2.75) is 11.9 Å². The van der Waals surface area contributed by atoms with E-state index in [1.54, 1.807) is 24.3 Å². The van der Waals surface area contributed by atoms with Crippen LogP contribution in [0.15, 0.2) is 58.1 Å². The van der Waals surface area contributed by atoms with E-state index >= 15 is 0 Å². The Hall–Kier alpha value is -2.51. The minimum atomic E-state index is -0.587. The standard InChI is InChI=1S/C17H14ClN3O3S/c1-11-6-8-12(9-7-11)21-16(17(23)24-20-21)25-10-15(22)19-14-5-3-2-4-13(14)18/h2-9H,10H2,1H3,(H-,19,20,22,23). The third-order valence-electron chi connectivity index (χ3n) is 3.34. The fourth-order valence-corrected chi connectivity index (χ4v) is 3.03. The number of hydrogen-bond donors (Lipinski definition) is 1. The Kier molecular flexibility index (Phi) is 5.25. The van der Waals surface area contributed by atoms with Crippen LogP contribution in [-0.2, 0) is 4.79 Å². The molecule has 0 saturated carbocycles. The average molecular weight is 376 g/mol. The third-order valence-corrected chi connectivity index (χ3v) is 4.69. The van der Waals surface area contributed by atoms with Gasteiger partial charge in [0.05, 0.1) is 21.7 Å². The SMILES string of the molecule is Cc1ccc(-[n+]2noc([O-])c2SCC(=O)Nc2ccccc2Cl)cc1. The van der Waals surface area contributed by atoms with Gasteiger partial charge in [0.2, 0.25) is 11.6 Å². The molecule has 1 N–H and O–H groups in total. The second-order valence-corrected chi connectivity index (χ2v) is 6.60. The normalized spacial score (nSPS) is 10.6. The first kappa shape index (κ1) is 17.3. The van der Waals surface area contributed by atoms with Crippen LogP contribution in [0.3, 0.4) is 0 Å². The zero-order chi connectivity index (χ0) is 17.8. The molecule has 1 aromatic heterocycles. The molecule has 0 radical (unpaired) electrons. The molecule has 0 aliphatic carbocycles. The van der Waals surface area contributed by atoms with E-state index in [1.807, 2.05) is 31.2 Å². The summed E-state index contributed by atoms with van der Waals surface area (Å²) in [4.78, 5) is 12.1. The minimum absolute atomic E-state index is 0.0214. The van der Waals surface area contributed by atoms with E-state index in [1.165, 1.54) is 4.68 Å². The maximum atomic E-state index is 12.1. The van der Waals surface area contributed by atoms with Crippen LogP contribution in [0.4, 0.5) is 5.69 Å². The molecule has 0 spiro atoms. The number of aromatic nitrogens is 2. The Morgan fingerprint density at radius 3 is 2.72 bits per heavy atom. The quantitative estimate of drug-likeness (QED) is 0.547. The van der Waals surface area contributed by atoms with Crippen LogP contribution in [0.1, 0.15) is 5.56 Å². The van der Waals surface area contributed by atoms with Crippen LogP contribution in [-0.4, -0.2) is 16.9 Å². The number of benzene rings is 2. The van der Waals surface area contributed by atoms with Gasteiger partial charge in [0.15, 0.2) is 5.95 Å². The molecule has 1 heterocycles. The Morgan fingerprint density at radius 1 is 1.28 bits per heavy atom. The second-order valence-electron chi connectivity index (χ2n) is 5.23. The summed E-state index contributed by atoms with van der Waals surface area (Å²) in [6.07, 6.45) is 0. The number of halogens is 1. The lowest BCUT2D eigenvalue weighted by molar-refractivity contribution is -0.705. The lowest BCUT2D eigenvalue weighted by atomic mass is 10.2. The van der Waals surface area contributed by atoms with Gasteiger partial charge < -0.3 is 14.9 Å². The largest absolute Gasteiger partial charge is 0.538 e. The number of aryl methyl sites for hydroxylation is 1. The van der Waals surface area contributed by atoms with Crippen molar-refractivity contribution in [1.29, 1.82) is 0 Å². The third kappa shape index (κ3) is 4.12. The first-order valence-electron chi connectivity index (χ1n) is 7.38. The van der Waals surface area contributed by atoms with E-state index in [4.69, 9.17) is 16.1 Å². The van der Waals surface area contributed by atoms with Gasteiger partial charge in [-0.05, 0) is 35.5 Å². The van der Waals surface area contributed by atoms with Crippen LogP contribution in [0.5, 0.6) is 5.95 Å². The number of amides is 1. The summed E-state index contributed by atoms with van der Waals surface area (Å²) in [5.74, 6) is -0.849. The molecule has 3 aromatic rings. The molecule has 25 heavy (non-hydrogen) atoms. The first-order valence-corrected chi connectivity index (χ1v) is 8.74. The summed E-state index contributed by atoms with van der Waals surface area (Å²) in [6.45, 7) is 1.96. The highest BCUT2D eigenvalue weighted by molar-refractivity contribution is 7.99. The summed E-state index contributed by atoms with van der Waals surface area (Å²) in [5, 5.41) is 19.0. The van der Waals surface area contributed by atoms with E-state index in [-0.39, 0.29) is 16.7 Å². The van der Waals surface area contributed by atoms with Gasteiger partial charge in [0, 0.05) is 12.1 Å². The van der Waals surface area contributed by atoms with Crippen molar-refractivity contribution in [2.24, 2.45) is 0 Å². The predicted octanol–water partition coefficient (Wildman–Crippen LogP) is 2.72. The van der Waals surface area contributed by atoms with E-state index in [0.29, 0.717) is 16.4 Å². The average Bonchev–Trinajstić information content (AvgIpc) is 2.96. The first-order chi connectivity index (χ1) is 12.0. The van der Waals surface area contributed by atoms with Gasteiger partial charge in [-0.1, -0.05) is 41.4 Å². The van der Waals surface area contributed by atoms with Crippen molar-refractivity contribution in [2.75, 3.05) is 11.1 Å². The Balaban J connectivity index is 1.71. The molecule has 0 atom stereocenters. The fraction of sp³-hybridized carbons (Fsp3) is 0.118. The van der Waals surface area contributed by atoms with Crippen molar-refractivity contribution in [3.05, 3.63) is 59.1 Å². The van der Waals surface area contributed by atoms with Gasteiger partial charge in [-0.25, -0.2) is 0 Å². The molecular formula is C17H14ClN3O3S. The zero-order valence-electron chi connectivity index (χ0n) is 13.2. The van der Waals surface area contributed by atoms with E-state index in [0.717, 1.165) is 17.3 Å². The molecule has 6 nitrogen and oxygen atoms in total. The van der Waals surface area contributed by atoms with Crippen molar-refractivity contribution in [3.63, 3.8) is 0 Å².